The van der Waals surface area contributed by atoms with Crippen molar-refractivity contribution in [3.05, 3.63) is 54.1 Å². The Balaban J connectivity index is 2.08. The van der Waals surface area contributed by atoms with Gasteiger partial charge in [-0.3, -0.25) is 0 Å². The Morgan fingerprint density at radius 1 is 1.20 bits per heavy atom. The third-order valence-electron chi connectivity index (χ3n) is 5.68. The van der Waals surface area contributed by atoms with Crippen LogP contribution in [0, 0.1) is 0 Å². The molecule has 134 valence electrons. The first-order chi connectivity index (χ1) is 11.7. The highest BCUT2D eigenvalue weighted by Crippen LogP contribution is 2.45. The third-order valence-corrected chi connectivity index (χ3v) is 5.68. The van der Waals surface area contributed by atoms with Crippen LogP contribution in [0.15, 0.2) is 43.0 Å². The molecule has 1 aliphatic carbocycles. The van der Waals surface area contributed by atoms with E-state index in [0.717, 1.165) is 18.4 Å². The molecule has 0 saturated heterocycles. The van der Waals surface area contributed by atoms with Crippen molar-refractivity contribution < 1.29 is 9.84 Å². The predicted molar refractivity (Wildman–Crippen MR) is 106 cm³/mol. The molecular formula is C23H30O2. The molecule has 0 aromatic heterocycles. The summed E-state index contributed by atoms with van der Waals surface area (Å²) in [5, 5.41) is 12.8. The Hall–Kier alpha value is -1.64. The molecule has 1 fully saturated rings. The lowest BCUT2D eigenvalue weighted by molar-refractivity contribution is -0.158. The highest BCUT2D eigenvalue weighted by atomic mass is 16.5. The maximum absolute atomic E-state index is 10.4. The highest BCUT2D eigenvalue weighted by molar-refractivity contribution is 5.93. The monoisotopic (exact) mass is 338 g/mol. The second kappa shape index (κ2) is 6.59. The van der Waals surface area contributed by atoms with Gasteiger partial charge in [0, 0.05) is 0 Å². The molecule has 2 nitrogen and oxygen atoms in total. The summed E-state index contributed by atoms with van der Waals surface area (Å²) in [5.74, 6) is 0. The second-order valence-corrected chi connectivity index (χ2v) is 8.14. The van der Waals surface area contributed by atoms with E-state index in [9.17, 15) is 5.11 Å². The van der Waals surface area contributed by atoms with E-state index in [-0.39, 0.29) is 11.7 Å². The van der Waals surface area contributed by atoms with E-state index in [0.29, 0.717) is 0 Å². The van der Waals surface area contributed by atoms with Gasteiger partial charge in [0.05, 0.1) is 17.3 Å². The molecule has 2 heteroatoms. The van der Waals surface area contributed by atoms with E-state index in [1.54, 1.807) is 0 Å². The minimum atomic E-state index is -0.852. The fourth-order valence-corrected chi connectivity index (χ4v) is 3.83. The van der Waals surface area contributed by atoms with Crippen LogP contribution in [0.4, 0.5) is 0 Å². The largest absolute Gasteiger partial charge is 0.388 e. The summed E-state index contributed by atoms with van der Waals surface area (Å²) in [4.78, 5) is 0. The molecule has 1 unspecified atom stereocenters. The fraction of sp³-hybridized carbons (Fsp3) is 0.478. The van der Waals surface area contributed by atoms with Crippen molar-refractivity contribution in [1.82, 2.24) is 0 Å². The molecule has 1 saturated carbocycles. The summed E-state index contributed by atoms with van der Waals surface area (Å²) in [7, 11) is 0. The van der Waals surface area contributed by atoms with Crippen molar-refractivity contribution in [2.75, 3.05) is 0 Å². The van der Waals surface area contributed by atoms with Crippen LogP contribution in [-0.2, 0) is 10.3 Å². The molecule has 0 heterocycles. The van der Waals surface area contributed by atoms with Gasteiger partial charge in [-0.25, -0.2) is 0 Å². The van der Waals surface area contributed by atoms with E-state index in [1.165, 1.54) is 34.7 Å². The summed E-state index contributed by atoms with van der Waals surface area (Å²) in [6, 6.07) is 13.0. The fourth-order valence-electron chi connectivity index (χ4n) is 3.83. The first-order valence-electron chi connectivity index (χ1n) is 9.32. The SMILES string of the molecule is C=C(C)c1cccc2ccc(C3(OC(C)C(C)(C)O)CCCC3)cc12. The van der Waals surface area contributed by atoms with Crippen LogP contribution >= 0.6 is 0 Å². The molecule has 2 aromatic carbocycles. The molecule has 1 aliphatic rings. The molecule has 0 bridgehead atoms. The number of ether oxygens (including phenoxy) is 1. The summed E-state index contributed by atoms with van der Waals surface area (Å²) in [6.45, 7) is 11.8. The molecule has 0 aliphatic heterocycles. The van der Waals surface area contributed by atoms with Crippen LogP contribution in [0.2, 0.25) is 0 Å². The number of hydrogen-bond acceptors (Lipinski definition) is 2. The summed E-state index contributed by atoms with van der Waals surface area (Å²) in [5.41, 5.74) is 2.35. The molecule has 3 rings (SSSR count). The van der Waals surface area contributed by atoms with Gasteiger partial charge >= 0.3 is 0 Å². The quantitative estimate of drug-likeness (QED) is 0.744. The van der Waals surface area contributed by atoms with Crippen LogP contribution in [0.5, 0.6) is 0 Å². The smallest absolute Gasteiger partial charge is 0.0936 e. The maximum atomic E-state index is 10.4. The van der Waals surface area contributed by atoms with E-state index in [2.05, 4.69) is 49.9 Å². The van der Waals surface area contributed by atoms with Gasteiger partial charge in [-0.1, -0.05) is 55.3 Å². The van der Waals surface area contributed by atoms with Gasteiger partial charge in [0.25, 0.3) is 0 Å². The number of aliphatic hydroxyl groups is 1. The lowest BCUT2D eigenvalue weighted by Crippen LogP contribution is -2.42. The Labute approximate surface area is 151 Å². The van der Waals surface area contributed by atoms with Gasteiger partial charge in [-0.15, -0.1) is 0 Å². The van der Waals surface area contributed by atoms with Crippen LogP contribution in [0.1, 0.15) is 64.5 Å². The highest BCUT2D eigenvalue weighted by Gasteiger charge is 2.40. The second-order valence-electron chi connectivity index (χ2n) is 8.14. The molecule has 1 N–H and O–H groups in total. The van der Waals surface area contributed by atoms with Crippen molar-refractivity contribution in [1.29, 1.82) is 0 Å². The normalized spacial score (nSPS) is 18.4. The summed E-state index contributed by atoms with van der Waals surface area (Å²) < 4.78 is 6.53. The Morgan fingerprint density at radius 2 is 1.88 bits per heavy atom. The zero-order valence-corrected chi connectivity index (χ0v) is 15.9. The zero-order chi connectivity index (χ0) is 18.2. The lowest BCUT2D eigenvalue weighted by atomic mass is 9.87. The zero-order valence-electron chi connectivity index (χ0n) is 15.9. The van der Waals surface area contributed by atoms with Gasteiger partial charge in [-0.05, 0) is 68.5 Å². The first-order valence-corrected chi connectivity index (χ1v) is 9.32. The molecule has 25 heavy (non-hydrogen) atoms. The van der Waals surface area contributed by atoms with Crippen molar-refractivity contribution in [3.63, 3.8) is 0 Å². The minimum Gasteiger partial charge on any atom is -0.388 e. The average Bonchev–Trinajstić information content (AvgIpc) is 3.02. The van der Waals surface area contributed by atoms with Crippen molar-refractivity contribution in [3.8, 4) is 0 Å². The van der Waals surface area contributed by atoms with Gasteiger partial charge in [0.2, 0.25) is 0 Å². The Bertz CT molecular complexity index is 776. The van der Waals surface area contributed by atoms with Crippen LogP contribution in [0.25, 0.3) is 16.3 Å². The van der Waals surface area contributed by atoms with Crippen molar-refractivity contribution >= 4 is 16.3 Å². The molecular weight excluding hydrogens is 308 g/mol. The number of fused-ring (bicyclic) bond motifs is 1. The Kier molecular flexibility index (Phi) is 4.78. The van der Waals surface area contributed by atoms with Crippen molar-refractivity contribution in [2.45, 2.75) is 70.7 Å². The minimum absolute atomic E-state index is 0.224. The van der Waals surface area contributed by atoms with Gasteiger partial charge in [0.1, 0.15) is 0 Å². The molecule has 0 radical (unpaired) electrons. The number of allylic oxidation sites excluding steroid dienone is 1. The third kappa shape index (κ3) is 3.51. The molecule has 1 atom stereocenters. The van der Waals surface area contributed by atoms with Crippen molar-refractivity contribution in [2.24, 2.45) is 0 Å². The van der Waals surface area contributed by atoms with E-state index >= 15 is 0 Å². The van der Waals surface area contributed by atoms with Crippen LogP contribution < -0.4 is 0 Å². The standard InChI is InChI=1S/C23H30O2/c1-16(2)20-10-8-9-18-11-12-19(15-21(18)20)23(13-6-7-14-23)25-17(3)22(4,5)24/h8-12,15,17,24H,1,6-7,13-14H2,2-5H3. The lowest BCUT2D eigenvalue weighted by Gasteiger charge is -2.38. The number of hydrogen-bond donors (Lipinski definition) is 1. The molecule has 0 spiro atoms. The number of benzene rings is 2. The number of rotatable bonds is 5. The van der Waals surface area contributed by atoms with Gasteiger partial charge < -0.3 is 9.84 Å². The maximum Gasteiger partial charge on any atom is 0.0936 e. The van der Waals surface area contributed by atoms with E-state index in [1.807, 2.05) is 20.8 Å². The van der Waals surface area contributed by atoms with Crippen LogP contribution in [-0.4, -0.2) is 16.8 Å². The van der Waals surface area contributed by atoms with Gasteiger partial charge in [-0.2, -0.15) is 0 Å². The van der Waals surface area contributed by atoms with Crippen LogP contribution in [0.3, 0.4) is 0 Å². The van der Waals surface area contributed by atoms with E-state index < -0.39 is 5.60 Å². The summed E-state index contributed by atoms with van der Waals surface area (Å²) in [6.07, 6.45) is 4.12. The molecule has 2 aromatic rings. The topological polar surface area (TPSA) is 29.5 Å². The van der Waals surface area contributed by atoms with Gasteiger partial charge in [0.15, 0.2) is 0 Å². The average molecular weight is 338 g/mol. The summed E-state index contributed by atoms with van der Waals surface area (Å²) >= 11 is 0. The van der Waals surface area contributed by atoms with E-state index in [4.69, 9.17) is 4.74 Å². The Morgan fingerprint density at radius 3 is 2.48 bits per heavy atom. The predicted octanol–water partition coefficient (Wildman–Crippen LogP) is 5.82. The first kappa shape index (κ1) is 18.2. The molecule has 0 amide bonds.